The minimum Gasteiger partial charge on any atom is -0.454 e. The molecule has 0 saturated carbocycles. The molecule has 1 N–H and O–H groups in total. The summed E-state index contributed by atoms with van der Waals surface area (Å²) >= 11 is 0. The van der Waals surface area contributed by atoms with E-state index in [1.807, 2.05) is 12.1 Å². The monoisotopic (exact) mass is 232 g/mol. The lowest BCUT2D eigenvalue weighted by molar-refractivity contribution is 0.173. The van der Waals surface area contributed by atoms with Gasteiger partial charge in [0.15, 0.2) is 11.5 Å². The number of amidine groups is 1. The molecule has 2 heterocycles. The summed E-state index contributed by atoms with van der Waals surface area (Å²) < 4.78 is 10.8. The molecule has 3 rings (SSSR count). The first-order valence-corrected chi connectivity index (χ1v) is 6.08. The lowest BCUT2D eigenvalue weighted by atomic mass is 10.1. The van der Waals surface area contributed by atoms with E-state index < -0.39 is 0 Å². The van der Waals surface area contributed by atoms with Crippen LogP contribution in [0.2, 0.25) is 0 Å². The van der Waals surface area contributed by atoms with Crippen LogP contribution in [0.4, 0.5) is 0 Å². The van der Waals surface area contributed by atoms with Gasteiger partial charge in [0, 0.05) is 25.1 Å². The number of fused-ring (bicyclic) bond motifs is 1. The Hall–Kier alpha value is -1.71. The molecule has 2 aliphatic rings. The third-order valence-electron chi connectivity index (χ3n) is 3.09. The van der Waals surface area contributed by atoms with E-state index in [4.69, 9.17) is 9.47 Å². The molecule has 0 radical (unpaired) electrons. The first-order chi connectivity index (χ1) is 8.43. The van der Waals surface area contributed by atoms with Gasteiger partial charge in [-0.05, 0) is 18.9 Å². The fourth-order valence-corrected chi connectivity index (χ4v) is 2.17. The quantitative estimate of drug-likeness (QED) is 0.849. The molecule has 0 spiro atoms. The highest BCUT2D eigenvalue weighted by molar-refractivity contribution is 5.82. The summed E-state index contributed by atoms with van der Waals surface area (Å²) in [6.07, 6.45) is 3.51. The van der Waals surface area contributed by atoms with Gasteiger partial charge in [0.25, 0.3) is 0 Å². The van der Waals surface area contributed by atoms with Gasteiger partial charge < -0.3 is 14.8 Å². The van der Waals surface area contributed by atoms with Gasteiger partial charge in [-0.1, -0.05) is 12.1 Å². The SMILES string of the molecule is c1cc(CNC2=NCCCC2)c2c(c1)OCO2. The maximum atomic E-state index is 5.47. The van der Waals surface area contributed by atoms with E-state index in [2.05, 4.69) is 16.4 Å². The first kappa shape index (κ1) is 10.4. The van der Waals surface area contributed by atoms with Crippen molar-refractivity contribution in [2.24, 2.45) is 4.99 Å². The number of aliphatic imine (C=N–C) groups is 1. The molecule has 2 aliphatic heterocycles. The third-order valence-corrected chi connectivity index (χ3v) is 3.09. The zero-order chi connectivity index (χ0) is 11.5. The van der Waals surface area contributed by atoms with Gasteiger partial charge in [0.05, 0.1) is 5.84 Å². The van der Waals surface area contributed by atoms with Crippen LogP contribution < -0.4 is 14.8 Å². The first-order valence-electron chi connectivity index (χ1n) is 6.08. The Balaban J connectivity index is 1.69. The topological polar surface area (TPSA) is 42.9 Å². The fraction of sp³-hybridized carbons (Fsp3) is 0.462. The molecule has 4 heteroatoms. The molecule has 0 fully saturated rings. The summed E-state index contributed by atoms with van der Waals surface area (Å²) in [5, 5.41) is 3.38. The largest absolute Gasteiger partial charge is 0.454 e. The van der Waals surface area contributed by atoms with E-state index in [0.717, 1.165) is 42.4 Å². The third kappa shape index (κ3) is 2.20. The van der Waals surface area contributed by atoms with Crippen LogP contribution in [0.1, 0.15) is 24.8 Å². The van der Waals surface area contributed by atoms with Crippen LogP contribution in [0.3, 0.4) is 0 Å². The molecule has 0 unspecified atom stereocenters. The average Bonchev–Trinajstić information content (AvgIpc) is 2.86. The van der Waals surface area contributed by atoms with Crippen molar-refractivity contribution in [2.45, 2.75) is 25.8 Å². The van der Waals surface area contributed by atoms with Crippen molar-refractivity contribution in [3.05, 3.63) is 23.8 Å². The Labute approximate surface area is 101 Å². The van der Waals surface area contributed by atoms with E-state index in [9.17, 15) is 0 Å². The van der Waals surface area contributed by atoms with Crippen LogP contribution in [0.15, 0.2) is 23.2 Å². The van der Waals surface area contributed by atoms with Gasteiger partial charge in [0.2, 0.25) is 6.79 Å². The molecule has 4 nitrogen and oxygen atoms in total. The number of para-hydroxylation sites is 1. The molecule has 17 heavy (non-hydrogen) atoms. The molecular formula is C13H16N2O2. The summed E-state index contributed by atoms with van der Waals surface area (Å²) in [6.45, 7) is 2.04. The Kier molecular flexibility index (Phi) is 2.86. The highest BCUT2D eigenvalue weighted by Crippen LogP contribution is 2.35. The minimum atomic E-state index is 0.327. The maximum Gasteiger partial charge on any atom is 0.231 e. The normalized spacial score (nSPS) is 17.8. The zero-order valence-electron chi connectivity index (χ0n) is 9.74. The van der Waals surface area contributed by atoms with E-state index in [-0.39, 0.29) is 0 Å². The summed E-state index contributed by atoms with van der Waals surface area (Å²) in [6, 6.07) is 5.99. The Bertz CT molecular complexity index is 443. The van der Waals surface area contributed by atoms with E-state index in [0.29, 0.717) is 6.79 Å². The van der Waals surface area contributed by atoms with Crippen LogP contribution in [-0.2, 0) is 6.54 Å². The van der Waals surface area contributed by atoms with Crippen molar-refractivity contribution in [1.29, 1.82) is 0 Å². The van der Waals surface area contributed by atoms with Crippen LogP contribution in [0.5, 0.6) is 11.5 Å². The predicted molar refractivity (Wildman–Crippen MR) is 65.6 cm³/mol. The number of hydrogen-bond donors (Lipinski definition) is 1. The molecule has 1 aromatic carbocycles. The van der Waals surface area contributed by atoms with Crippen LogP contribution >= 0.6 is 0 Å². The maximum absolute atomic E-state index is 5.47. The van der Waals surface area contributed by atoms with E-state index in [1.54, 1.807) is 0 Å². The second-order valence-corrected chi connectivity index (χ2v) is 4.29. The van der Waals surface area contributed by atoms with Gasteiger partial charge in [-0.2, -0.15) is 0 Å². The lowest BCUT2D eigenvalue weighted by Gasteiger charge is -2.14. The number of ether oxygens (including phenoxy) is 2. The van der Waals surface area contributed by atoms with Gasteiger partial charge in [0.1, 0.15) is 0 Å². The molecular weight excluding hydrogens is 216 g/mol. The second-order valence-electron chi connectivity index (χ2n) is 4.29. The second kappa shape index (κ2) is 4.65. The molecule has 0 atom stereocenters. The number of rotatable bonds is 2. The average molecular weight is 232 g/mol. The molecule has 90 valence electrons. The van der Waals surface area contributed by atoms with E-state index >= 15 is 0 Å². The Morgan fingerprint density at radius 3 is 3.12 bits per heavy atom. The smallest absolute Gasteiger partial charge is 0.231 e. The molecule has 0 amide bonds. The standard InChI is InChI=1S/C13H16N2O2/c1-2-7-14-12(6-1)15-8-10-4-3-5-11-13(10)17-9-16-11/h3-5H,1-2,6-9H2,(H,14,15). The van der Waals surface area contributed by atoms with Crippen LogP contribution in [0, 0.1) is 0 Å². The molecule has 0 saturated heterocycles. The summed E-state index contributed by atoms with van der Waals surface area (Å²) in [5.74, 6) is 2.83. The van der Waals surface area contributed by atoms with Crippen molar-refractivity contribution in [2.75, 3.05) is 13.3 Å². The minimum absolute atomic E-state index is 0.327. The Morgan fingerprint density at radius 1 is 1.24 bits per heavy atom. The number of hydrogen-bond acceptors (Lipinski definition) is 4. The van der Waals surface area contributed by atoms with Crippen LogP contribution in [0.25, 0.3) is 0 Å². The van der Waals surface area contributed by atoms with Gasteiger partial charge in [-0.15, -0.1) is 0 Å². The number of nitrogens with one attached hydrogen (secondary N) is 1. The predicted octanol–water partition coefficient (Wildman–Crippen LogP) is 2.09. The number of benzene rings is 1. The van der Waals surface area contributed by atoms with Crippen molar-refractivity contribution >= 4 is 5.84 Å². The number of nitrogens with zero attached hydrogens (tertiary/aromatic N) is 1. The molecule has 0 aromatic heterocycles. The molecule has 0 bridgehead atoms. The van der Waals surface area contributed by atoms with E-state index in [1.165, 1.54) is 12.8 Å². The summed E-state index contributed by atoms with van der Waals surface area (Å²) in [4.78, 5) is 4.47. The highest BCUT2D eigenvalue weighted by Gasteiger charge is 2.17. The molecule has 1 aromatic rings. The fourth-order valence-electron chi connectivity index (χ4n) is 2.17. The highest BCUT2D eigenvalue weighted by atomic mass is 16.7. The lowest BCUT2D eigenvalue weighted by Crippen LogP contribution is -2.25. The zero-order valence-corrected chi connectivity index (χ0v) is 9.74. The van der Waals surface area contributed by atoms with Gasteiger partial charge in [-0.25, -0.2) is 0 Å². The summed E-state index contributed by atoms with van der Waals surface area (Å²) in [7, 11) is 0. The molecule has 0 aliphatic carbocycles. The Morgan fingerprint density at radius 2 is 2.24 bits per heavy atom. The van der Waals surface area contributed by atoms with Crippen molar-refractivity contribution in [3.8, 4) is 11.5 Å². The van der Waals surface area contributed by atoms with Gasteiger partial charge in [-0.3, -0.25) is 4.99 Å². The van der Waals surface area contributed by atoms with Crippen molar-refractivity contribution in [1.82, 2.24) is 5.32 Å². The summed E-state index contributed by atoms with van der Waals surface area (Å²) in [5.41, 5.74) is 1.13. The van der Waals surface area contributed by atoms with Crippen LogP contribution in [-0.4, -0.2) is 19.2 Å². The van der Waals surface area contributed by atoms with Crippen molar-refractivity contribution in [3.63, 3.8) is 0 Å². The van der Waals surface area contributed by atoms with Crippen molar-refractivity contribution < 1.29 is 9.47 Å². The van der Waals surface area contributed by atoms with Gasteiger partial charge >= 0.3 is 0 Å².